The van der Waals surface area contributed by atoms with Gasteiger partial charge in [0.25, 0.3) is 0 Å². The molecule has 0 spiro atoms. The number of aliphatic carboxylic acids is 2. The SMILES string of the molecule is CCC1(C)CC(C(CSCCC(=O)O)(C(=O)O)C2CC(C)(CC)NC(C)(CC)C2C)C(C)C(C)(CC)N1. The molecule has 0 amide bonds. The van der Waals surface area contributed by atoms with E-state index in [4.69, 9.17) is 0 Å². The van der Waals surface area contributed by atoms with Gasteiger partial charge >= 0.3 is 11.9 Å². The van der Waals surface area contributed by atoms with E-state index in [1.54, 1.807) is 0 Å². The molecule has 4 N–H and O–H groups in total. The first-order chi connectivity index (χ1) is 17.0. The van der Waals surface area contributed by atoms with E-state index >= 15 is 0 Å². The molecule has 2 aliphatic heterocycles. The predicted octanol–water partition coefficient (Wildman–Crippen LogP) is 6.43. The highest BCUT2D eigenvalue weighted by molar-refractivity contribution is 7.99. The number of hydrogen-bond donors (Lipinski definition) is 4. The summed E-state index contributed by atoms with van der Waals surface area (Å²) < 4.78 is 0. The Kier molecular flexibility index (Phi) is 10.3. The summed E-state index contributed by atoms with van der Waals surface area (Å²) in [5, 5.41) is 28.6. The molecule has 0 bridgehead atoms. The fraction of sp³-hybridized carbons (Fsp3) is 0.933. The normalized spacial score (nSPS) is 42.2. The second-order valence-electron chi connectivity index (χ2n) is 13.4. The zero-order valence-corrected chi connectivity index (χ0v) is 26.1. The maximum absolute atomic E-state index is 13.9. The Bertz CT molecular complexity index is 777. The molecule has 8 atom stereocenters. The van der Waals surface area contributed by atoms with Gasteiger partial charge in [0, 0.05) is 33.7 Å². The van der Waals surface area contributed by atoms with E-state index in [1.165, 1.54) is 11.8 Å². The van der Waals surface area contributed by atoms with Crippen LogP contribution in [0, 0.1) is 29.1 Å². The number of thioether (sulfide) groups is 1. The summed E-state index contributed by atoms with van der Waals surface area (Å²) in [6.45, 7) is 22.4. The quantitative estimate of drug-likeness (QED) is 0.212. The van der Waals surface area contributed by atoms with E-state index in [2.05, 4.69) is 79.9 Å². The minimum atomic E-state index is -0.952. The molecule has 2 fully saturated rings. The van der Waals surface area contributed by atoms with Gasteiger partial charge in [-0.1, -0.05) is 41.5 Å². The average Bonchev–Trinajstić information content (AvgIpc) is 2.84. The number of carbonyl (C=O) groups is 2. The molecule has 216 valence electrons. The summed E-state index contributed by atoms with van der Waals surface area (Å²) in [6, 6.07) is 0. The third-order valence-electron chi connectivity index (χ3n) is 11.3. The number of carboxylic acids is 2. The van der Waals surface area contributed by atoms with Gasteiger partial charge in [-0.25, -0.2) is 0 Å². The van der Waals surface area contributed by atoms with Gasteiger partial charge < -0.3 is 20.8 Å². The van der Waals surface area contributed by atoms with Crippen LogP contribution in [0.1, 0.15) is 114 Å². The maximum Gasteiger partial charge on any atom is 0.311 e. The molecule has 6 nitrogen and oxygen atoms in total. The lowest BCUT2D eigenvalue weighted by Crippen LogP contribution is -2.72. The monoisotopic (exact) mass is 540 g/mol. The van der Waals surface area contributed by atoms with Crippen LogP contribution in [0.25, 0.3) is 0 Å². The molecule has 0 aromatic rings. The van der Waals surface area contributed by atoms with Crippen LogP contribution in [0.3, 0.4) is 0 Å². The summed E-state index contributed by atoms with van der Waals surface area (Å²) in [4.78, 5) is 25.2. The van der Waals surface area contributed by atoms with E-state index < -0.39 is 17.4 Å². The Hall–Kier alpha value is -0.790. The highest BCUT2D eigenvalue weighted by atomic mass is 32.2. The molecule has 2 saturated heterocycles. The third-order valence-corrected chi connectivity index (χ3v) is 12.5. The van der Waals surface area contributed by atoms with Crippen LogP contribution in [0.2, 0.25) is 0 Å². The number of carboxylic acid groups (broad SMARTS) is 2. The van der Waals surface area contributed by atoms with Gasteiger partial charge in [-0.15, -0.1) is 0 Å². The second-order valence-corrected chi connectivity index (χ2v) is 14.5. The minimum absolute atomic E-state index is 0.0220. The molecule has 8 unspecified atom stereocenters. The van der Waals surface area contributed by atoms with Crippen LogP contribution >= 0.6 is 11.8 Å². The predicted molar refractivity (Wildman–Crippen MR) is 155 cm³/mol. The molecular weight excluding hydrogens is 484 g/mol. The van der Waals surface area contributed by atoms with Gasteiger partial charge in [0.05, 0.1) is 11.8 Å². The van der Waals surface area contributed by atoms with Crippen LogP contribution in [0.4, 0.5) is 0 Å². The zero-order valence-electron chi connectivity index (χ0n) is 25.3. The Morgan fingerprint density at radius 3 is 1.51 bits per heavy atom. The van der Waals surface area contributed by atoms with E-state index in [0.29, 0.717) is 11.5 Å². The average molecular weight is 541 g/mol. The number of piperidine rings is 2. The first kappa shape index (κ1) is 32.4. The van der Waals surface area contributed by atoms with Crippen molar-refractivity contribution < 1.29 is 19.8 Å². The molecule has 0 aliphatic carbocycles. The van der Waals surface area contributed by atoms with Crippen molar-refractivity contribution in [2.45, 2.75) is 136 Å². The van der Waals surface area contributed by atoms with Gasteiger partial charge in [-0.05, 0) is 89.9 Å². The van der Waals surface area contributed by atoms with Crippen molar-refractivity contribution in [1.82, 2.24) is 10.6 Å². The molecule has 0 saturated carbocycles. The van der Waals surface area contributed by atoms with Crippen molar-refractivity contribution in [3.05, 3.63) is 0 Å². The molecule has 2 heterocycles. The molecule has 37 heavy (non-hydrogen) atoms. The Labute approximate surface area is 230 Å². The molecule has 7 heteroatoms. The van der Waals surface area contributed by atoms with E-state index in [0.717, 1.165) is 38.5 Å². The van der Waals surface area contributed by atoms with E-state index in [9.17, 15) is 19.8 Å². The van der Waals surface area contributed by atoms with Crippen LogP contribution in [0.5, 0.6) is 0 Å². The highest BCUT2D eigenvalue weighted by Gasteiger charge is 2.63. The van der Waals surface area contributed by atoms with Gasteiger partial charge in [0.15, 0.2) is 0 Å². The fourth-order valence-electron chi connectivity index (χ4n) is 7.73. The van der Waals surface area contributed by atoms with Gasteiger partial charge in [-0.3, -0.25) is 9.59 Å². The van der Waals surface area contributed by atoms with Crippen molar-refractivity contribution in [3.8, 4) is 0 Å². The molecule has 0 radical (unpaired) electrons. The fourth-order valence-corrected chi connectivity index (χ4v) is 9.08. The van der Waals surface area contributed by atoms with Crippen molar-refractivity contribution in [1.29, 1.82) is 0 Å². The highest BCUT2D eigenvalue weighted by Crippen LogP contribution is 2.59. The molecule has 0 aromatic heterocycles. The van der Waals surface area contributed by atoms with Crippen LogP contribution < -0.4 is 10.6 Å². The summed E-state index contributed by atoms with van der Waals surface area (Å²) in [7, 11) is 0. The largest absolute Gasteiger partial charge is 0.481 e. The topological polar surface area (TPSA) is 98.7 Å². The van der Waals surface area contributed by atoms with Crippen LogP contribution in [-0.4, -0.2) is 55.8 Å². The van der Waals surface area contributed by atoms with Crippen molar-refractivity contribution in [2.24, 2.45) is 29.1 Å². The second kappa shape index (κ2) is 11.8. The molecule has 2 rings (SSSR count). The Balaban J connectivity index is 2.77. The Morgan fingerprint density at radius 1 is 0.811 bits per heavy atom. The van der Waals surface area contributed by atoms with Crippen LogP contribution in [-0.2, 0) is 9.59 Å². The molecule has 2 aliphatic rings. The summed E-state index contributed by atoms with van der Waals surface area (Å²) in [5.74, 6) is -0.340. The summed E-state index contributed by atoms with van der Waals surface area (Å²) in [5.41, 5.74) is -1.58. The minimum Gasteiger partial charge on any atom is -0.481 e. The molecule has 0 aromatic carbocycles. The van der Waals surface area contributed by atoms with Crippen molar-refractivity contribution in [2.75, 3.05) is 11.5 Å². The summed E-state index contributed by atoms with van der Waals surface area (Å²) in [6.07, 6.45) is 5.43. The summed E-state index contributed by atoms with van der Waals surface area (Å²) >= 11 is 1.54. The first-order valence-electron chi connectivity index (χ1n) is 14.6. The maximum atomic E-state index is 13.9. The lowest BCUT2D eigenvalue weighted by atomic mass is 9.48. The van der Waals surface area contributed by atoms with Gasteiger partial charge in [-0.2, -0.15) is 11.8 Å². The van der Waals surface area contributed by atoms with Crippen LogP contribution in [0.15, 0.2) is 0 Å². The van der Waals surface area contributed by atoms with Crippen molar-refractivity contribution in [3.63, 3.8) is 0 Å². The standard InChI is InChI=1S/C30H56N2O4S/c1-11-26(7)17-22(20(5)28(9,13-3)31-26)30(25(35)36,19-37-16-15-24(33)34)23-18-27(8,12-2)32-29(10,14-4)21(23)6/h20-23,31-32H,11-19H2,1-10H3,(H,33,34)(H,35,36). The number of hydrogen-bond acceptors (Lipinski definition) is 5. The lowest BCUT2D eigenvalue weighted by molar-refractivity contribution is -0.171. The number of rotatable bonds is 12. The van der Waals surface area contributed by atoms with Gasteiger partial charge in [0.1, 0.15) is 0 Å². The van der Waals surface area contributed by atoms with Crippen molar-refractivity contribution >= 4 is 23.7 Å². The number of nitrogens with one attached hydrogen (secondary N) is 2. The molecular formula is C30H56N2O4S. The first-order valence-corrected chi connectivity index (χ1v) is 15.8. The zero-order chi connectivity index (χ0) is 28.4. The van der Waals surface area contributed by atoms with E-state index in [-0.39, 0.29) is 52.2 Å². The smallest absolute Gasteiger partial charge is 0.311 e. The van der Waals surface area contributed by atoms with Gasteiger partial charge in [0.2, 0.25) is 0 Å². The van der Waals surface area contributed by atoms with E-state index in [1.807, 2.05) is 0 Å². The third kappa shape index (κ3) is 6.19. The Morgan fingerprint density at radius 2 is 1.22 bits per heavy atom. The lowest BCUT2D eigenvalue weighted by Gasteiger charge is -2.63.